The summed E-state index contributed by atoms with van der Waals surface area (Å²) in [6.45, 7) is 9.50. The molecular weight excluding hydrogens is 483 g/mol. The lowest BCUT2D eigenvalue weighted by Crippen LogP contribution is -2.48. The van der Waals surface area contributed by atoms with E-state index >= 15 is 0 Å². The number of nitrogens with one attached hydrogen (secondary N) is 1. The van der Waals surface area contributed by atoms with Gasteiger partial charge in [0.25, 0.3) is 5.91 Å². The number of rotatable bonds is 7. The van der Waals surface area contributed by atoms with Crippen LogP contribution in [0.3, 0.4) is 0 Å². The van der Waals surface area contributed by atoms with Crippen LogP contribution in [0, 0.1) is 0 Å². The van der Waals surface area contributed by atoms with Crippen molar-refractivity contribution >= 4 is 60.2 Å². The van der Waals surface area contributed by atoms with Gasteiger partial charge in [-0.2, -0.15) is 0 Å². The van der Waals surface area contributed by atoms with E-state index in [0.29, 0.717) is 29.5 Å². The first-order valence-electron chi connectivity index (χ1n) is 10.7. The van der Waals surface area contributed by atoms with Gasteiger partial charge in [0.1, 0.15) is 0 Å². The molecule has 1 heterocycles. The highest BCUT2D eigenvalue weighted by Crippen LogP contribution is 2.25. The van der Waals surface area contributed by atoms with Crippen LogP contribution in [0.4, 0.5) is 17.1 Å². The third-order valence-corrected chi connectivity index (χ3v) is 5.62. The minimum Gasteiger partial charge on any atom is -0.397 e. The molecule has 0 bridgehead atoms. The number of piperidine rings is 1. The highest BCUT2D eigenvalue weighted by Gasteiger charge is 2.27. The van der Waals surface area contributed by atoms with E-state index in [9.17, 15) is 9.90 Å². The minimum atomic E-state index is -0.655. The summed E-state index contributed by atoms with van der Waals surface area (Å²) in [6.07, 6.45) is 2.14. The SMILES string of the molecule is CCN(c1ccc(C(=O)Nc2ccccc2N)cc1)C1CCN(CC(C)(C)O)CC1.Cl.Cl.Cl. The molecule has 1 fully saturated rings. The quantitative estimate of drug-likeness (QED) is 0.456. The summed E-state index contributed by atoms with van der Waals surface area (Å²) < 4.78 is 0. The van der Waals surface area contributed by atoms with Crippen molar-refractivity contribution in [2.45, 2.75) is 45.3 Å². The molecule has 1 aliphatic heterocycles. The maximum absolute atomic E-state index is 12.6. The van der Waals surface area contributed by atoms with Crippen molar-refractivity contribution in [2.24, 2.45) is 0 Å². The average molecular weight is 520 g/mol. The summed E-state index contributed by atoms with van der Waals surface area (Å²) in [4.78, 5) is 17.3. The van der Waals surface area contributed by atoms with E-state index in [1.165, 1.54) is 0 Å². The maximum Gasteiger partial charge on any atom is 0.255 e. The summed E-state index contributed by atoms with van der Waals surface area (Å²) in [6, 6.07) is 15.5. The van der Waals surface area contributed by atoms with Gasteiger partial charge in [0.15, 0.2) is 0 Å². The molecule has 6 nitrogen and oxygen atoms in total. The van der Waals surface area contributed by atoms with Gasteiger partial charge in [0, 0.05) is 43.5 Å². The van der Waals surface area contributed by atoms with Crippen LogP contribution >= 0.6 is 37.2 Å². The number of carbonyl (C=O) groups is 1. The highest BCUT2D eigenvalue weighted by atomic mass is 35.5. The van der Waals surface area contributed by atoms with Crippen LogP contribution in [0.5, 0.6) is 0 Å². The molecule has 0 saturated carbocycles. The van der Waals surface area contributed by atoms with Gasteiger partial charge in [-0.05, 0) is 70.0 Å². The molecule has 1 amide bonds. The van der Waals surface area contributed by atoms with Crippen molar-refractivity contribution in [3.8, 4) is 0 Å². The van der Waals surface area contributed by atoms with Gasteiger partial charge in [-0.1, -0.05) is 12.1 Å². The molecule has 2 aromatic carbocycles. The molecule has 0 aliphatic carbocycles. The van der Waals surface area contributed by atoms with Crippen molar-refractivity contribution in [3.05, 3.63) is 54.1 Å². The molecule has 9 heteroatoms. The monoisotopic (exact) mass is 518 g/mol. The Morgan fingerprint density at radius 2 is 1.67 bits per heavy atom. The van der Waals surface area contributed by atoms with Gasteiger partial charge in [-0.25, -0.2) is 0 Å². The number of benzene rings is 2. The first-order valence-corrected chi connectivity index (χ1v) is 10.7. The lowest BCUT2D eigenvalue weighted by atomic mass is 10.00. The lowest BCUT2D eigenvalue weighted by molar-refractivity contribution is 0.0281. The summed E-state index contributed by atoms with van der Waals surface area (Å²) in [7, 11) is 0. The fraction of sp³-hybridized carbons (Fsp3) is 0.458. The van der Waals surface area contributed by atoms with Gasteiger partial charge in [0.2, 0.25) is 0 Å². The van der Waals surface area contributed by atoms with Gasteiger partial charge < -0.3 is 26.0 Å². The van der Waals surface area contributed by atoms with E-state index in [1.807, 2.05) is 50.2 Å². The second-order valence-electron chi connectivity index (χ2n) is 8.69. The maximum atomic E-state index is 12.6. The van der Waals surface area contributed by atoms with Crippen molar-refractivity contribution < 1.29 is 9.90 Å². The van der Waals surface area contributed by atoms with E-state index in [4.69, 9.17) is 5.73 Å². The fourth-order valence-electron chi connectivity index (χ4n) is 4.20. The van der Waals surface area contributed by atoms with Gasteiger partial charge in [-0.3, -0.25) is 4.79 Å². The molecule has 33 heavy (non-hydrogen) atoms. The molecule has 2 aromatic rings. The van der Waals surface area contributed by atoms with Crippen LogP contribution in [0.15, 0.2) is 48.5 Å². The number of amides is 1. The molecule has 0 unspecified atom stereocenters. The summed E-state index contributed by atoms with van der Waals surface area (Å²) in [5.74, 6) is -0.164. The summed E-state index contributed by atoms with van der Waals surface area (Å²) in [5, 5.41) is 12.9. The van der Waals surface area contributed by atoms with Crippen molar-refractivity contribution in [1.29, 1.82) is 0 Å². The number of nitrogens with zero attached hydrogens (tertiary/aromatic N) is 2. The number of aliphatic hydroxyl groups is 1. The molecule has 3 rings (SSSR count). The van der Waals surface area contributed by atoms with Gasteiger partial charge >= 0.3 is 0 Å². The number of carbonyl (C=O) groups excluding carboxylic acids is 1. The van der Waals surface area contributed by atoms with Crippen molar-refractivity contribution in [2.75, 3.05) is 42.1 Å². The van der Waals surface area contributed by atoms with Crippen LogP contribution in [0.1, 0.15) is 44.0 Å². The number of anilines is 3. The molecule has 1 saturated heterocycles. The fourth-order valence-corrected chi connectivity index (χ4v) is 4.20. The number of likely N-dealkylation sites (tertiary alicyclic amines) is 1. The van der Waals surface area contributed by atoms with E-state index in [1.54, 1.807) is 12.1 Å². The summed E-state index contributed by atoms with van der Waals surface area (Å²) >= 11 is 0. The highest BCUT2D eigenvalue weighted by molar-refractivity contribution is 6.05. The molecule has 4 N–H and O–H groups in total. The van der Waals surface area contributed by atoms with Crippen LogP contribution in [-0.2, 0) is 0 Å². The topological polar surface area (TPSA) is 81.8 Å². The van der Waals surface area contributed by atoms with E-state index < -0.39 is 5.60 Å². The van der Waals surface area contributed by atoms with E-state index in [0.717, 1.165) is 38.2 Å². The zero-order chi connectivity index (χ0) is 21.7. The van der Waals surface area contributed by atoms with Crippen LogP contribution in [0.25, 0.3) is 0 Å². The number of nitrogens with two attached hydrogens (primary N) is 1. The van der Waals surface area contributed by atoms with E-state index in [2.05, 4.69) is 22.0 Å². The van der Waals surface area contributed by atoms with E-state index in [-0.39, 0.29) is 43.1 Å². The number of para-hydroxylation sites is 2. The molecule has 0 spiro atoms. The van der Waals surface area contributed by atoms with Gasteiger partial charge in [-0.15, -0.1) is 37.2 Å². The smallest absolute Gasteiger partial charge is 0.255 e. The Bertz CT molecular complexity index is 852. The average Bonchev–Trinajstić information content (AvgIpc) is 2.71. The lowest BCUT2D eigenvalue weighted by Gasteiger charge is -2.40. The first kappa shape index (κ1) is 31.3. The number of halogens is 3. The van der Waals surface area contributed by atoms with Crippen molar-refractivity contribution in [3.63, 3.8) is 0 Å². The summed E-state index contributed by atoms with van der Waals surface area (Å²) in [5.41, 5.74) is 8.18. The molecule has 0 radical (unpaired) electrons. The second-order valence-corrected chi connectivity index (χ2v) is 8.69. The zero-order valence-corrected chi connectivity index (χ0v) is 21.9. The Hall–Kier alpha value is -1.70. The Morgan fingerprint density at radius 3 is 2.18 bits per heavy atom. The third kappa shape index (κ3) is 8.87. The Labute approximate surface area is 216 Å². The number of hydrogen-bond acceptors (Lipinski definition) is 5. The number of nitrogen functional groups attached to an aromatic ring is 1. The molecular formula is C24H37Cl3N4O2. The third-order valence-electron chi connectivity index (χ3n) is 5.62. The normalized spacial score (nSPS) is 14.3. The predicted octanol–water partition coefficient (Wildman–Crippen LogP) is 4.85. The van der Waals surface area contributed by atoms with Crippen LogP contribution < -0.4 is 16.0 Å². The van der Waals surface area contributed by atoms with Crippen molar-refractivity contribution in [1.82, 2.24) is 4.90 Å². The van der Waals surface area contributed by atoms with Crippen LogP contribution in [-0.4, -0.2) is 53.7 Å². The first-order chi connectivity index (χ1) is 14.3. The zero-order valence-electron chi connectivity index (χ0n) is 19.5. The van der Waals surface area contributed by atoms with Gasteiger partial charge in [0.05, 0.1) is 17.0 Å². The van der Waals surface area contributed by atoms with Crippen LogP contribution in [0.2, 0.25) is 0 Å². The molecule has 0 aromatic heterocycles. The number of hydrogen-bond donors (Lipinski definition) is 3. The Morgan fingerprint density at radius 1 is 1.09 bits per heavy atom. The largest absolute Gasteiger partial charge is 0.397 e. The molecule has 1 aliphatic rings. The Kier molecular flexibility index (Phi) is 13.2. The second kappa shape index (κ2) is 13.9. The Balaban J connectivity index is 0.00000341. The molecule has 0 atom stereocenters. The predicted molar refractivity (Wildman–Crippen MR) is 146 cm³/mol. The standard InChI is InChI=1S/C24H34N4O2.3ClH/c1-4-28(20-13-15-27(16-14-20)17-24(2,3)30)19-11-9-18(10-12-19)23(29)26-22-8-6-5-7-21(22)25;;;/h5-12,20,30H,4,13-17,25H2,1-3H3,(H,26,29);3*1H. The molecule has 186 valence electrons. The number of β-amino-alcohol motifs (C(OH)–C–C–N with tert-alkyl or cyclic N) is 1. The minimum absolute atomic E-state index is 0.